The number of rotatable bonds is 6. The lowest BCUT2D eigenvalue weighted by Crippen LogP contribution is -1.96. The van der Waals surface area contributed by atoms with Gasteiger partial charge in [-0.2, -0.15) is 5.26 Å². The minimum absolute atomic E-state index is 0.0455. The monoisotopic (exact) mass is 406 g/mol. The van der Waals surface area contributed by atoms with Crippen molar-refractivity contribution in [2.75, 3.05) is 0 Å². The van der Waals surface area contributed by atoms with Gasteiger partial charge in [-0.05, 0) is 45.7 Å². The van der Waals surface area contributed by atoms with Gasteiger partial charge in [0.1, 0.15) is 12.4 Å². The van der Waals surface area contributed by atoms with Gasteiger partial charge in [-0.1, -0.05) is 66.7 Å². The maximum absolute atomic E-state index is 11.0. The van der Waals surface area contributed by atoms with Gasteiger partial charge < -0.3 is 4.74 Å². The summed E-state index contributed by atoms with van der Waals surface area (Å²) >= 11 is 0. The number of non-ortho nitro benzene ring substituents is 1. The lowest BCUT2D eigenvalue weighted by atomic mass is 10.0. The average molecular weight is 406 g/mol. The molecule has 0 atom stereocenters. The van der Waals surface area contributed by atoms with E-state index in [4.69, 9.17) is 4.74 Å². The first-order valence-corrected chi connectivity index (χ1v) is 9.70. The van der Waals surface area contributed by atoms with Crippen LogP contribution < -0.4 is 4.74 Å². The molecule has 0 aliphatic rings. The Bertz CT molecular complexity index is 1310. The van der Waals surface area contributed by atoms with Crippen LogP contribution in [0, 0.1) is 21.4 Å². The molecule has 0 fully saturated rings. The van der Waals surface area contributed by atoms with Crippen LogP contribution in [0.25, 0.3) is 22.4 Å². The molecule has 0 aliphatic heterocycles. The van der Waals surface area contributed by atoms with Crippen LogP contribution in [0.15, 0.2) is 91.0 Å². The Morgan fingerprint density at radius 3 is 2.48 bits per heavy atom. The van der Waals surface area contributed by atoms with Crippen molar-refractivity contribution in [2.24, 2.45) is 0 Å². The molecule has 0 saturated carbocycles. The molecule has 4 rings (SSSR count). The van der Waals surface area contributed by atoms with E-state index in [-0.39, 0.29) is 5.69 Å². The third kappa shape index (κ3) is 4.60. The summed E-state index contributed by atoms with van der Waals surface area (Å²) < 4.78 is 5.95. The summed E-state index contributed by atoms with van der Waals surface area (Å²) in [7, 11) is 0. The Morgan fingerprint density at radius 2 is 1.71 bits per heavy atom. The molecule has 0 heterocycles. The van der Waals surface area contributed by atoms with Gasteiger partial charge in [-0.3, -0.25) is 10.1 Å². The minimum atomic E-state index is -0.472. The van der Waals surface area contributed by atoms with Crippen LogP contribution in [0.1, 0.15) is 16.7 Å². The van der Waals surface area contributed by atoms with Gasteiger partial charge in [-0.15, -0.1) is 0 Å². The molecule has 5 nitrogen and oxygen atoms in total. The van der Waals surface area contributed by atoms with Crippen molar-refractivity contribution in [1.29, 1.82) is 5.26 Å². The van der Waals surface area contributed by atoms with E-state index in [0.29, 0.717) is 17.7 Å². The second-order valence-electron chi connectivity index (χ2n) is 6.97. The minimum Gasteiger partial charge on any atom is -0.489 e. The molecule has 0 aromatic heterocycles. The molecule has 31 heavy (non-hydrogen) atoms. The largest absolute Gasteiger partial charge is 0.489 e. The van der Waals surface area contributed by atoms with Gasteiger partial charge in [0.05, 0.1) is 16.6 Å². The molecule has 0 saturated heterocycles. The molecule has 150 valence electrons. The van der Waals surface area contributed by atoms with Crippen LogP contribution >= 0.6 is 0 Å². The fourth-order valence-electron chi connectivity index (χ4n) is 3.37. The van der Waals surface area contributed by atoms with Crippen molar-refractivity contribution < 1.29 is 9.66 Å². The Hall–Kier alpha value is -4.43. The van der Waals surface area contributed by atoms with Gasteiger partial charge in [-0.25, -0.2) is 0 Å². The number of hydrogen-bond donors (Lipinski definition) is 0. The molecule has 5 heteroatoms. The van der Waals surface area contributed by atoms with E-state index in [2.05, 4.69) is 30.3 Å². The Morgan fingerprint density at radius 1 is 0.968 bits per heavy atom. The van der Waals surface area contributed by atoms with Gasteiger partial charge in [0.25, 0.3) is 5.69 Å². The number of nitrogens with zero attached hydrogens (tertiary/aromatic N) is 2. The highest BCUT2D eigenvalue weighted by atomic mass is 16.6. The number of nitriles is 1. The highest BCUT2D eigenvalue weighted by Crippen LogP contribution is 2.24. The molecule has 0 amide bonds. The normalized spacial score (nSPS) is 11.1. The number of benzene rings is 4. The van der Waals surface area contributed by atoms with Crippen molar-refractivity contribution in [3.8, 4) is 11.8 Å². The highest BCUT2D eigenvalue weighted by Gasteiger charge is 2.09. The maximum atomic E-state index is 11.0. The summed E-state index contributed by atoms with van der Waals surface area (Å²) in [4.78, 5) is 10.5. The first-order valence-electron chi connectivity index (χ1n) is 9.70. The summed E-state index contributed by atoms with van der Waals surface area (Å²) in [6.07, 6.45) is 1.70. The zero-order valence-corrected chi connectivity index (χ0v) is 16.6. The predicted molar refractivity (Wildman–Crippen MR) is 121 cm³/mol. The van der Waals surface area contributed by atoms with E-state index >= 15 is 0 Å². The molecule has 0 spiro atoms. The average Bonchev–Trinajstić information content (AvgIpc) is 2.82. The molecule has 0 aliphatic carbocycles. The zero-order valence-electron chi connectivity index (χ0n) is 16.6. The van der Waals surface area contributed by atoms with E-state index in [0.717, 1.165) is 16.9 Å². The summed E-state index contributed by atoms with van der Waals surface area (Å²) in [5.41, 5.74) is 2.73. The fraction of sp³-hybridized carbons (Fsp3) is 0.0385. The third-order valence-electron chi connectivity index (χ3n) is 4.95. The lowest BCUT2D eigenvalue weighted by Gasteiger charge is -2.09. The van der Waals surface area contributed by atoms with Crippen molar-refractivity contribution in [3.05, 3.63) is 118 Å². The van der Waals surface area contributed by atoms with Crippen molar-refractivity contribution in [1.82, 2.24) is 0 Å². The first kappa shape index (κ1) is 19.9. The van der Waals surface area contributed by atoms with E-state index in [1.165, 1.54) is 22.9 Å². The summed E-state index contributed by atoms with van der Waals surface area (Å²) in [6.45, 7) is 0.452. The summed E-state index contributed by atoms with van der Waals surface area (Å²) in [6, 6.07) is 29.9. The van der Waals surface area contributed by atoms with E-state index in [1.54, 1.807) is 18.2 Å². The quantitative estimate of drug-likeness (QED) is 0.161. The van der Waals surface area contributed by atoms with Crippen LogP contribution in [-0.2, 0) is 6.61 Å². The predicted octanol–water partition coefficient (Wildman–Crippen LogP) is 6.39. The number of hydrogen-bond acceptors (Lipinski definition) is 4. The Balaban J connectivity index is 1.50. The number of ether oxygens (including phenoxy) is 1. The van der Waals surface area contributed by atoms with Crippen molar-refractivity contribution >= 4 is 28.1 Å². The van der Waals surface area contributed by atoms with Crippen LogP contribution in [0.3, 0.4) is 0 Å². The van der Waals surface area contributed by atoms with Crippen LogP contribution in [0.4, 0.5) is 5.69 Å². The maximum Gasteiger partial charge on any atom is 0.270 e. The van der Waals surface area contributed by atoms with Crippen LogP contribution in [0.5, 0.6) is 5.75 Å². The Kier molecular flexibility index (Phi) is 5.72. The molecule has 0 unspecified atom stereocenters. The van der Waals surface area contributed by atoms with Gasteiger partial charge in [0, 0.05) is 12.1 Å². The molecule has 0 radical (unpaired) electrons. The summed E-state index contributed by atoms with van der Waals surface area (Å²) in [5.74, 6) is 0.721. The topological polar surface area (TPSA) is 76.2 Å². The second-order valence-corrected chi connectivity index (χ2v) is 6.97. The molecular weight excluding hydrogens is 388 g/mol. The Labute approximate surface area is 179 Å². The van der Waals surface area contributed by atoms with Gasteiger partial charge in [0.2, 0.25) is 0 Å². The van der Waals surface area contributed by atoms with Crippen molar-refractivity contribution in [2.45, 2.75) is 6.61 Å². The molecular formula is C26H18N2O3. The molecule has 0 bridgehead atoms. The van der Waals surface area contributed by atoms with Crippen LogP contribution in [0.2, 0.25) is 0 Å². The van der Waals surface area contributed by atoms with E-state index in [1.807, 2.05) is 42.5 Å². The van der Waals surface area contributed by atoms with Crippen LogP contribution in [-0.4, -0.2) is 4.92 Å². The van der Waals surface area contributed by atoms with E-state index < -0.39 is 4.92 Å². The fourth-order valence-corrected chi connectivity index (χ4v) is 3.37. The summed E-state index contributed by atoms with van der Waals surface area (Å²) in [5, 5.41) is 22.8. The van der Waals surface area contributed by atoms with E-state index in [9.17, 15) is 15.4 Å². The molecule has 4 aromatic carbocycles. The first-order chi connectivity index (χ1) is 15.1. The third-order valence-corrected chi connectivity index (χ3v) is 4.95. The number of allylic oxidation sites excluding steroid dienone is 1. The van der Waals surface area contributed by atoms with Gasteiger partial charge >= 0.3 is 0 Å². The lowest BCUT2D eigenvalue weighted by molar-refractivity contribution is -0.384. The van der Waals surface area contributed by atoms with Gasteiger partial charge in [0.15, 0.2) is 0 Å². The SMILES string of the molecule is N#C/C(=C/c1ccc(OCc2cccc3ccccc23)cc1)c1cccc([N+](=O)[O-])c1. The number of nitro groups is 1. The smallest absolute Gasteiger partial charge is 0.270 e. The number of fused-ring (bicyclic) bond motifs is 1. The van der Waals surface area contributed by atoms with Crippen molar-refractivity contribution in [3.63, 3.8) is 0 Å². The zero-order chi connectivity index (χ0) is 21.6. The molecule has 4 aromatic rings. The standard InChI is InChI=1S/C26H18N2O3/c27-17-23(21-7-4-9-24(16-21)28(29)30)15-19-11-13-25(14-12-19)31-18-22-8-3-6-20-5-1-2-10-26(20)22/h1-16H,18H2/b23-15-. The molecule has 0 N–H and O–H groups in total. The highest BCUT2D eigenvalue weighted by molar-refractivity contribution is 5.90. The second kappa shape index (κ2) is 8.93. The number of nitro benzene ring substituents is 1.